The van der Waals surface area contributed by atoms with E-state index in [1.165, 1.54) is 6.33 Å². The molecule has 142 valence electrons. The zero-order chi connectivity index (χ0) is 18.7. The maximum atomic E-state index is 11.1. The van der Waals surface area contributed by atoms with Gasteiger partial charge in [-0.1, -0.05) is 0 Å². The van der Waals surface area contributed by atoms with Gasteiger partial charge in [-0.2, -0.15) is 13.5 Å². The minimum absolute atomic E-state index is 0.227. The fourth-order valence-electron chi connectivity index (χ4n) is 3.28. The number of ether oxygens (including phenoxy) is 3. The molecule has 0 radical (unpaired) electrons. The molecule has 26 heavy (non-hydrogen) atoms. The molecule has 2 fully saturated rings. The number of anilines is 1. The van der Waals surface area contributed by atoms with Gasteiger partial charge in [0.2, 0.25) is 0 Å². The average molecular weight is 386 g/mol. The molecular weight excluding hydrogens is 368 g/mol. The molecule has 0 aromatic carbocycles. The predicted octanol–water partition coefficient (Wildman–Crippen LogP) is -0.885. The number of aromatic nitrogens is 4. The van der Waals surface area contributed by atoms with E-state index < -0.39 is 40.5 Å². The third kappa shape index (κ3) is 3.02. The second-order valence-corrected chi connectivity index (χ2v) is 7.75. The third-order valence-corrected chi connectivity index (χ3v) is 4.69. The van der Waals surface area contributed by atoms with Crippen molar-refractivity contribution in [2.75, 3.05) is 12.3 Å². The number of hydrogen-bond acceptors (Lipinski definition) is 10. The number of nitrogens with one attached hydrogen (secondary N) is 1. The van der Waals surface area contributed by atoms with Gasteiger partial charge in [0, 0.05) is 0 Å². The first kappa shape index (κ1) is 17.5. The summed E-state index contributed by atoms with van der Waals surface area (Å²) >= 11 is 0. The second-order valence-electron chi connectivity index (χ2n) is 6.53. The Labute approximate surface area is 148 Å². The van der Waals surface area contributed by atoms with Gasteiger partial charge in [0.1, 0.15) is 36.3 Å². The number of fused-ring (bicyclic) bond motifs is 2. The first-order chi connectivity index (χ1) is 12.1. The van der Waals surface area contributed by atoms with Crippen molar-refractivity contribution in [3.63, 3.8) is 0 Å². The van der Waals surface area contributed by atoms with E-state index in [1.54, 1.807) is 13.8 Å². The minimum Gasteiger partial charge on any atom is -0.382 e. The molecule has 12 nitrogen and oxygen atoms in total. The standard InChI is InChI=1S/C13H18N6O6S/c1-13(2)24-9-5(3-22-26(15,20)21)23-10(11(9)25-13)7-6-8(19-18-7)12(14)17-4-16-6/h4-5,9-11H,3H2,1-2H3,(H,18,19)(H2,14,16,17)(H2,15,20,21)/t5-,9-,10+,11-/m1/s1. The Bertz CT molecular complexity index is 946. The highest BCUT2D eigenvalue weighted by molar-refractivity contribution is 7.84. The van der Waals surface area contributed by atoms with Crippen LogP contribution < -0.4 is 10.9 Å². The lowest BCUT2D eigenvalue weighted by atomic mass is 10.1. The monoisotopic (exact) mass is 386 g/mol. The van der Waals surface area contributed by atoms with E-state index in [1.807, 2.05) is 0 Å². The first-order valence-electron chi connectivity index (χ1n) is 7.77. The van der Waals surface area contributed by atoms with Crippen molar-refractivity contribution in [3.05, 3.63) is 12.0 Å². The van der Waals surface area contributed by atoms with Crippen LogP contribution in [0.5, 0.6) is 0 Å². The topological polar surface area (TPSA) is 178 Å². The number of hydrogen-bond donors (Lipinski definition) is 3. The van der Waals surface area contributed by atoms with Crippen LogP contribution in [0.25, 0.3) is 11.0 Å². The molecule has 0 amide bonds. The summed E-state index contributed by atoms with van der Waals surface area (Å²) in [6.07, 6.45) is -1.13. The highest BCUT2D eigenvalue weighted by Gasteiger charge is 2.56. The van der Waals surface area contributed by atoms with Crippen LogP contribution in [-0.4, -0.2) is 59.3 Å². The number of nitrogens with zero attached hydrogens (tertiary/aromatic N) is 3. The zero-order valence-corrected chi connectivity index (χ0v) is 14.8. The van der Waals surface area contributed by atoms with Crippen molar-refractivity contribution in [1.82, 2.24) is 20.2 Å². The predicted molar refractivity (Wildman–Crippen MR) is 86.6 cm³/mol. The SMILES string of the molecule is CC1(C)O[C@@H]2[C@H](O1)[C@@H](COS(N)(=O)=O)O[C@H]2c1[nH]nc2c(N)ncnc12. The minimum atomic E-state index is -4.11. The van der Waals surface area contributed by atoms with Crippen molar-refractivity contribution in [1.29, 1.82) is 0 Å². The summed E-state index contributed by atoms with van der Waals surface area (Å²) in [6.45, 7) is 3.20. The number of nitrogen functional groups attached to an aromatic ring is 1. The fourth-order valence-corrected chi connectivity index (χ4v) is 3.60. The number of aromatic amines is 1. The van der Waals surface area contributed by atoms with Gasteiger partial charge < -0.3 is 19.9 Å². The highest BCUT2D eigenvalue weighted by atomic mass is 32.2. The van der Waals surface area contributed by atoms with Crippen molar-refractivity contribution in [2.24, 2.45) is 5.14 Å². The summed E-state index contributed by atoms with van der Waals surface area (Å²) < 4.78 is 44.6. The fraction of sp³-hybridized carbons (Fsp3) is 0.615. The Morgan fingerprint density at radius 3 is 2.73 bits per heavy atom. The molecule has 0 spiro atoms. The quantitative estimate of drug-likeness (QED) is 0.597. The smallest absolute Gasteiger partial charge is 0.333 e. The number of rotatable bonds is 4. The van der Waals surface area contributed by atoms with Gasteiger partial charge in [-0.3, -0.25) is 9.28 Å². The van der Waals surface area contributed by atoms with Gasteiger partial charge in [-0.15, -0.1) is 0 Å². The highest BCUT2D eigenvalue weighted by Crippen LogP contribution is 2.46. The molecule has 2 aliphatic heterocycles. The molecule has 13 heteroatoms. The van der Waals surface area contributed by atoms with Crippen LogP contribution in [0.3, 0.4) is 0 Å². The number of nitrogens with two attached hydrogens (primary N) is 2. The molecule has 4 atom stereocenters. The van der Waals surface area contributed by atoms with Gasteiger partial charge in [0.05, 0.1) is 12.3 Å². The summed E-state index contributed by atoms with van der Waals surface area (Å²) in [5, 5.41) is 11.9. The van der Waals surface area contributed by atoms with E-state index >= 15 is 0 Å². The first-order valence-corrected chi connectivity index (χ1v) is 9.24. The van der Waals surface area contributed by atoms with Gasteiger partial charge in [-0.25, -0.2) is 15.1 Å². The van der Waals surface area contributed by atoms with E-state index in [9.17, 15) is 8.42 Å². The van der Waals surface area contributed by atoms with Crippen LogP contribution in [0.2, 0.25) is 0 Å². The molecule has 0 aliphatic carbocycles. The Kier molecular flexibility index (Phi) is 3.91. The molecular formula is C13H18N6O6S. The Hall–Kier alpha value is -1.90. The van der Waals surface area contributed by atoms with E-state index in [0.29, 0.717) is 16.7 Å². The molecule has 4 rings (SSSR count). The lowest BCUT2D eigenvalue weighted by molar-refractivity contribution is -0.190. The zero-order valence-electron chi connectivity index (χ0n) is 13.9. The summed E-state index contributed by atoms with van der Waals surface area (Å²) in [5.74, 6) is -0.647. The molecule has 2 aliphatic rings. The van der Waals surface area contributed by atoms with E-state index in [-0.39, 0.29) is 12.4 Å². The molecule has 2 aromatic rings. The van der Waals surface area contributed by atoms with Crippen LogP contribution >= 0.6 is 0 Å². The molecule has 0 bridgehead atoms. The second kappa shape index (κ2) is 5.80. The number of H-pyrrole nitrogens is 1. The summed E-state index contributed by atoms with van der Waals surface area (Å²) in [5.41, 5.74) is 7.24. The van der Waals surface area contributed by atoms with Crippen LogP contribution in [0, 0.1) is 0 Å². The van der Waals surface area contributed by atoms with Crippen molar-refractivity contribution in [2.45, 2.75) is 44.1 Å². The largest absolute Gasteiger partial charge is 0.382 e. The van der Waals surface area contributed by atoms with Gasteiger partial charge in [-0.05, 0) is 13.8 Å². The third-order valence-electron chi connectivity index (χ3n) is 4.22. The Morgan fingerprint density at radius 1 is 1.27 bits per heavy atom. The van der Waals surface area contributed by atoms with Gasteiger partial charge >= 0.3 is 10.3 Å². The van der Waals surface area contributed by atoms with Crippen molar-refractivity contribution in [3.8, 4) is 0 Å². The summed E-state index contributed by atoms with van der Waals surface area (Å²) in [7, 11) is -4.11. The van der Waals surface area contributed by atoms with Crippen LogP contribution in [0.15, 0.2) is 6.33 Å². The van der Waals surface area contributed by atoms with E-state index in [2.05, 4.69) is 24.3 Å². The lowest BCUT2D eigenvalue weighted by Gasteiger charge is -2.23. The van der Waals surface area contributed by atoms with Crippen molar-refractivity contribution >= 4 is 27.2 Å². The van der Waals surface area contributed by atoms with Crippen LogP contribution in [0.4, 0.5) is 5.82 Å². The molecule has 4 heterocycles. The summed E-state index contributed by atoms with van der Waals surface area (Å²) in [6, 6.07) is 0. The Morgan fingerprint density at radius 2 is 2.00 bits per heavy atom. The average Bonchev–Trinajstić information content (AvgIpc) is 3.16. The normalized spacial score (nSPS) is 30.7. The van der Waals surface area contributed by atoms with Crippen molar-refractivity contribution < 1.29 is 26.8 Å². The van der Waals surface area contributed by atoms with Crippen LogP contribution in [-0.2, 0) is 28.7 Å². The van der Waals surface area contributed by atoms with Gasteiger partial charge in [0.15, 0.2) is 17.1 Å². The molecule has 0 saturated carbocycles. The molecule has 2 aromatic heterocycles. The van der Waals surface area contributed by atoms with Gasteiger partial charge in [0.25, 0.3) is 0 Å². The Balaban J connectivity index is 1.68. The lowest BCUT2D eigenvalue weighted by Crippen LogP contribution is -2.34. The van der Waals surface area contributed by atoms with Crippen LogP contribution in [0.1, 0.15) is 25.6 Å². The summed E-state index contributed by atoms with van der Waals surface area (Å²) in [4.78, 5) is 8.09. The maximum Gasteiger partial charge on any atom is 0.333 e. The van der Waals surface area contributed by atoms with E-state index in [4.69, 9.17) is 25.1 Å². The molecule has 2 saturated heterocycles. The maximum absolute atomic E-state index is 11.1. The molecule has 0 unspecified atom stereocenters. The van der Waals surface area contributed by atoms with E-state index in [0.717, 1.165) is 0 Å². The molecule has 5 N–H and O–H groups in total.